The maximum Gasteiger partial charge on any atom is 0.236 e. The van der Waals surface area contributed by atoms with E-state index < -0.39 is 0 Å². The number of aromatic nitrogens is 3. The zero-order chi connectivity index (χ0) is 18.8. The Hall–Kier alpha value is -2.46. The van der Waals surface area contributed by atoms with Gasteiger partial charge in [-0.25, -0.2) is 0 Å². The first-order valence-corrected chi connectivity index (χ1v) is 10.2. The monoisotopic (exact) mass is 403 g/mol. The van der Waals surface area contributed by atoms with Crippen molar-refractivity contribution in [3.63, 3.8) is 0 Å². The van der Waals surface area contributed by atoms with E-state index in [2.05, 4.69) is 20.5 Å². The van der Waals surface area contributed by atoms with Crippen LogP contribution in [0.5, 0.6) is 5.75 Å². The minimum Gasteiger partial charge on any atom is -0.493 e. The minimum atomic E-state index is -0.105. The third kappa shape index (κ3) is 3.67. The number of rotatable bonds is 5. The van der Waals surface area contributed by atoms with E-state index in [1.54, 1.807) is 18.9 Å². The van der Waals surface area contributed by atoms with Gasteiger partial charge in [-0.2, -0.15) is 0 Å². The van der Waals surface area contributed by atoms with Crippen molar-refractivity contribution in [3.8, 4) is 17.3 Å². The van der Waals surface area contributed by atoms with Gasteiger partial charge < -0.3 is 19.0 Å². The smallest absolute Gasteiger partial charge is 0.236 e. The van der Waals surface area contributed by atoms with Gasteiger partial charge in [-0.15, -0.1) is 10.2 Å². The van der Waals surface area contributed by atoms with Gasteiger partial charge in [0.2, 0.25) is 5.91 Å². The Labute approximate surface area is 163 Å². The van der Waals surface area contributed by atoms with Gasteiger partial charge in [0.1, 0.15) is 0 Å². The Balaban J connectivity index is 1.49. The Morgan fingerprint density at radius 2 is 2.33 bits per heavy atom. The highest BCUT2D eigenvalue weighted by molar-refractivity contribution is 8.14. The van der Waals surface area contributed by atoms with Gasteiger partial charge in [-0.1, -0.05) is 35.7 Å². The normalized spacial score (nSPS) is 13.8. The lowest BCUT2D eigenvalue weighted by Gasteiger charge is -2.04. The molecule has 1 aromatic carbocycles. The summed E-state index contributed by atoms with van der Waals surface area (Å²) in [6.07, 6.45) is 0. The van der Waals surface area contributed by atoms with Crippen molar-refractivity contribution in [1.82, 2.24) is 20.1 Å². The minimum absolute atomic E-state index is 0.105. The number of carbonyl (C=O) groups excluding carboxylic acids is 1. The van der Waals surface area contributed by atoms with E-state index >= 15 is 0 Å². The zero-order valence-corrected chi connectivity index (χ0v) is 16.4. The Morgan fingerprint density at radius 3 is 3.11 bits per heavy atom. The molecule has 0 radical (unpaired) electrons. The van der Waals surface area contributed by atoms with E-state index in [0.717, 1.165) is 17.7 Å². The van der Waals surface area contributed by atoms with Crippen LogP contribution in [0.1, 0.15) is 0 Å². The summed E-state index contributed by atoms with van der Waals surface area (Å²) in [5.74, 6) is 2.90. The summed E-state index contributed by atoms with van der Waals surface area (Å²) in [7, 11) is 3.45. The van der Waals surface area contributed by atoms with Crippen LogP contribution in [0.2, 0.25) is 0 Å². The summed E-state index contributed by atoms with van der Waals surface area (Å²) >= 11 is 2.87. The number of furan rings is 1. The van der Waals surface area contributed by atoms with Crippen LogP contribution in [0.3, 0.4) is 0 Å². The molecule has 0 unspecified atom stereocenters. The lowest BCUT2D eigenvalue weighted by atomic mass is 10.2. The van der Waals surface area contributed by atoms with Crippen LogP contribution in [0.25, 0.3) is 22.6 Å². The number of hydrogen-bond acceptors (Lipinski definition) is 8. The third-order valence-electron chi connectivity index (χ3n) is 3.95. The molecule has 1 N–H and O–H groups in total. The Morgan fingerprint density at radius 1 is 1.44 bits per heavy atom. The van der Waals surface area contributed by atoms with Crippen LogP contribution in [-0.4, -0.2) is 51.0 Å². The van der Waals surface area contributed by atoms with Crippen molar-refractivity contribution in [3.05, 3.63) is 24.3 Å². The van der Waals surface area contributed by atoms with Crippen molar-refractivity contribution in [1.29, 1.82) is 0 Å². The van der Waals surface area contributed by atoms with Crippen LogP contribution in [0, 0.1) is 0 Å². The highest BCUT2D eigenvalue weighted by Gasteiger charge is 2.18. The summed E-state index contributed by atoms with van der Waals surface area (Å²) in [5.41, 5.74) is 0.668. The first-order valence-electron chi connectivity index (χ1n) is 8.22. The zero-order valence-electron chi connectivity index (χ0n) is 14.8. The average molecular weight is 403 g/mol. The van der Waals surface area contributed by atoms with Crippen molar-refractivity contribution in [2.75, 3.05) is 25.2 Å². The molecule has 1 aliphatic rings. The van der Waals surface area contributed by atoms with Crippen LogP contribution in [0.4, 0.5) is 0 Å². The van der Waals surface area contributed by atoms with Crippen molar-refractivity contribution >= 4 is 45.6 Å². The van der Waals surface area contributed by atoms with E-state index in [-0.39, 0.29) is 11.7 Å². The summed E-state index contributed by atoms with van der Waals surface area (Å²) in [6.45, 7) is 0.752. The molecule has 3 aromatic rings. The number of para-hydroxylation sites is 1. The molecular formula is C17H17N5O3S2. The molecule has 0 atom stereocenters. The molecule has 1 amide bonds. The van der Waals surface area contributed by atoms with Gasteiger partial charge in [-0.3, -0.25) is 9.79 Å². The molecule has 140 valence electrons. The molecule has 0 spiro atoms. The summed E-state index contributed by atoms with van der Waals surface area (Å²) < 4.78 is 13.1. The summed E-state index contributed by atoms with van der Waals surface area (Å²) in [4.78, 5) is 16.2. The van der Waals surface area contributed by atoms with Gasteiger partial charge in [0.15, 0.2) is 33.2 Å². The number of nitrogens with zero attached hydrogens (tertiary/aromatic N) is 4. The number of amides is 1. The second-order valence-electron chi connectivity index (χ2n) is 5.73. The number of thioether (sulfide) groups is 2. The summed E-state index contributed by atoms with van der Waals surface area (Å²) in [5, 5.41) is 13.4. The lowest BCUT2D eigenvalue weighted by Crippen LogP contribution is -2.29. The highest BCUT2D eigenvalue weighted by atomic mass is 32.2. The van der Waals surface area contributed by atoms with E-state index in [1.807, 2.05) is 35.9 Å². The molecular weight excluding hydrogens is 386 g/mol. The van der Waals surface area contributed by atoms with Crippen LogP contribution in [0.15, 0.2) is 38.8 Å². The predicted molar refractivity (Wildman–Crippen MR) is 106 cm³/mol. The van der Waals surface area contributed by atoms with E-state index in [0.29, 0.717) is 33.2 Å². The highest BCUT2D eigenvalue weighted by Crippen LogP contribution is 2.33. The number of hydrogen-bond donors (Lipinski definition) is 1. The molecule has 3 heterocycles. The topological polar surface area (TPSA) is 94.5 Å². The van der Waals surface area contributed by atoms with Gasteiger partial charge in [0.25, 0.3) is 0 Å². The number of amidine groups is 1. The molecule has 1 aliphatic heterocycles. The molecule has 0 saturated carbocycles. The SMILES string of the molecule is COc1cccc2cc(-c3nnc(SCC(=O)NC4=NCCS4)n3C)oc12. The quantitative estimate of drug-likeness (QED) is 0.654. The number of methoxy groups -OCH3 is 1. The van der Waals surface area contributed by atoms with Gasteiger partial charge in [0, 0.05) is 18.2 Å². The van der Waals surface area contributed by atoms with Crippen molar-refractivity contribution in [2.45, 2.75) is 5.16 Å². The number of fused-ring (bicyclic) bond motifs is 1. The fourth-order valence-electron chi connectivity index (χ4n) is 2.66. The average Bonchev–Trinajstić information content (AvgIpc) is 3.39. The fourth-order valence-corrected chi connectivity index (χ4v) is 4.11. The first kappa shape index (κ1) is 17.9. The predicted octanol–water partition coefficient (Wildman–Crippen LogP) is 2.55. The second-order valence-corrected chi connectivity index (χ2v) is 7.75. The Bertz CT molecular complexity index is 1030. The van der Waals surface area contributed by atoms with Crippen LogP contribution < -0.4 is 10.1 Å². The molecule has 27 heavy (non-hydrogen) atoms. The molecule has 4 rings (SSSR count). The van der Waals surface area contributed by atoms with Crippen molar-refractivity contribution < 1.29 is 13.9 Å². The molecule has 0 bridgehead atoms. The number of aliphatic imine (C=N–C) groups is 1. The largest absolute Gasteiger partial charge is 0.493 e. The first-order chi connectivity index (χ1) is 13.2. The van der Waals surface area contributed by atoms with Crippen LogP contribution in [-0.2, 0) is 11.8 Å². The van der Waals surface area contributed by atoms with E-state index in [4.69, 9.17) is 9.15 Å². The second kappa shape index (κ2) is 7.65. The molecule has 0 aliphatic carbocycles. The maximum atomic E-state index is 12.0. The van der Waals surface area contributed by atoms with Gasteiger partial charge in [-0.05, 0) is 12.1 Å². The summed E-state index contributed by atoms with van der Waals surface area (Å²) in [6, 6.07) is 7.60. The third-order valence-corrected chi connectivity index (χ3v) is 5.86. The number of carbonyl (C=O) groups is 1. The molecule has 0 fully saturated rings. The van der Waals surface area contributed by atoms with E-state index in [1.165, 1.54) is 11.8 Å². The van der Waals surface area contributed by atoms with Crippen molar-refractivity contribution in [2.24, 2.45) is 12.0 Å². The fraction of sp³-hybridized carbons (Fsp3) is 0.294. The van der Waals surface area contributed by atoms with Gasteiger partial charge in [0.05, 0.1) is 19.4 Å². The molecule has 2 aromatic heterocycles. The van der Waals surface area contributed by atoms with Gasteiger partial charge >= 0.3 is 0 Å². The molecule has 10 heteroatoms. The standard InChI is InChI=1S/C17H17N5O3S2/c1-22-15(12-8-10-4-3-5-11(24-2)14(10)25-12)20-21-17(22)27-9-13(23)19-16-18-6-7-26-16/h3-5,8H,6-7,9H2,1-2H3,(H,18,19,23). The molecule has 0 saturated heterocycles. The molecule has 8 nitrogen and oxygen atoms in total. The number of nitrogens with one attached hydrogen (secondary N) is 1. The van der Waals surface area contributed by atoms with Crippen LogP contribution >= 0.6 is 23.5 Å². The maximum absolute atomic E-state index is 12.0. The Kier molecular flexibility index (Phi) is 5.08. The number of benzene rings is 1. The lowest BCUT2D eigenvalue weighted by molar-refractivity contribution is -0.117. The number of ether oxygens (including phenoxy) is 1. The van der Waals surface area contributed by atoms with E-state index in [9.17, 15) is 4.79 Å².